The fourth-order valence-corrected chi connectivity index (χ4v) is 12.6. The number of guanidine groups is 1. The Kier molecular flexibility index (Phi) is 46.9. The van der Waals surface area contributed by atoms with Crippen molar-refractivity contribution in [3.8, 4) is 0 Å². The van der Waals surface area contributed by atoms with Crippen molar-refractivity contribution in [3.05, 3.63) is 54.1 Å². The summed E-state index contributed by atoms with van der Waals surface area (Å²) < 4.78 is 0. The number of rotatable bonds is 56. The Morgan fingerprint density at radius 3 is 1.37 bits per heavy atom. The molecule has 0 radical (unpaired) electrons. The molecular weight excluding hydrogens is 1520 g/mol. The molecule has 14 amide bonds. The molecule has 26 N–H and O–H groups in total. The number of nitrogens with zero attached hydrogens (tertiary/aromatic N) is 2. The summed E-state index contributed by atoms with van der Waals surface area (Å²) in [5, 5.41) is 54.4. The van der Waals surface area contributed by atoms with Crippen LogP contribution < -0.4 is 97.8 Å². The van der Waals surface area contributed by atoms with Gasteiger partial charge in [-0.3, -0.25) is 76.9 Å². The van der Waals surface area contributed by atoms with Crippen molar-refractivity contribution in [1.29, 1.82) is 0 Å². The monoisotopic (exact) mass is 1650 g/mol. The number of amides is 14. The number of aromatic nitrogens is 2. The number of nitrogens with two attached hydrogens (primary N) is 5. The summed E-state index contributed by atoms with van der Waals surface area (Å²) in [5.41, 5.74) is 29.7. The van der Waals surface area contributed by atoms with Gasteiger partial charge in [0.05, 0.1) is 24.9 Å². The highest BCUT2D eigenvalue weighted by molar-refractivity contribution is 7.98. The molecule has 116 heavy (non-hydrogen) atoms. The molecule has 1 aromatic heterocycles. The third-order valence-corrected chi connectivity index (χ3v) is 19.2. The maximum absolute atomic E-state index is 14.8. The molecule has 0 fully saturated rings. The number of aliphatic imine (C=N–C) groups is 1. The first-order valence-electron chi connectivity index (χ1n) is 39.6. The Balaban J connectivity index is 2.57. The van der Waals surface area contributed by atoms with Gasteiger partial charge in [-0.2, -0.15) is 11.8 Å². The first kappa shape index (κ1) is 102. The summed E-state index contributed by atoms with van der Waals surface area (Å²) >= 11 is 1.38. The fourth-order valence-electron chi connectivity index (χ4n) is 12.2. The van der Waals surface area contributed by atoms with Gasteiger partial charge in [-0.05, 0) is 131 Å². The van der Waals surface area contributed by atoms with Crippen LogP contribution >= 0.6 is 11.8 Å². The average molecular weight is 1660 g/mol. The van der Waals surface area contributed by atoms with Crippen LogP contribution in [0.2, 0.25) is 0 Å². The minimum Gasteiger partial charge on any atom is -0.480 e. The number of unbranched alkanes of at least 4 members (excludes halogenated alkanes) is 1. The zero-order chi connectivity index (χ0) is 87.6. The number of carbonyl (C=O) groups excluding carboxylic acids is 14. The number of H-pyrrole nitrogens is 1. The van der Waals surface area contributed by atoms with Gasteiger partial charge in [0, 0.05) is 31.3 Å². The first-order valence-corrected chi connectivity index (χ1v) is 41.0. The van der Waals surface area contributed by atoms with Gasteiger partial charge in [0.1, 0.15) is 79.0 Å². The standard InChI is InChI=1S/C77H131N21O17S/c1-15-45(12)62(75(114)94-55(33-43(8)9)70(109)91-54(32-42(6)7)69(108)92-56(34-47-22-17-16-18-23-47)71(110)88-52(26-29-116-14)65(104)85-38-60(101)102)97-73(112)58(36-59(80)100)95-74(113)61(44(10)11)96-72(111)57(35-48-37-83-39-86-48)93-66(105)51(25-21-28-84-77(81)82)89-76(115)63(46(13)99)98-67(106)50(24-19-20-27-78)87-68(107)53(31-41(4)5)90-64(103)49(79)30-40(2)3/h16-18,22-23,37,39-46,49-58,61-63,99H,15,19-21,24-36,38,78-79H2,1-14H3,(H2,80,100)(H,83,86)(H,85,104)(H,87,107)(H,88,110)(H,89,115)(H,90,103)(H,91,109)(H,92,108)(H,93,105)(H,94,114)(H,95,113)(H,96,111)(H,97,112)(H,98,106)(H,101,102)(H4,81,82,84)/t45-,46+,49-,50-,51-,52-,53-,54-,55-,56-,57-,58-,61-,62-,63-/m0/s1. The highest BCUT2D eigenvalue weighted by Crippen LogP contribution is 2.18. The van der Waals surface area contributed by atoms with Gasteiger partial charge >= 0.3 is 5.97 Å². The molecule has 1 heterocycles. The molecule has 0 spiro atoms. The quantitative estimate of drug-likeness (QED) is 0.0187. The van der Waals surface area contributed by atoms with Gasteiger partial charge in [-0.15, -0.1) is 0 Å². The predicted octanol–water partition coefficient (Wildman–Crippen LogP) is -2.38. The van der Waals surface area contributed by atoms with Gasteiger partial charge in [-0.1, -0.05) is 120 Å². The summed E-state index contributed by atoms with van der Waals surface area (Å²) in [4.78, 5) is 221. The molecule has 0 aliphatic rings. The lowest BCUT2D eigenvalue weighted by Gasteiger charge is -2.31. The van der Waals surface area contributed by atoms with Crippen molar-refractivity contribution in [2.75, 3.05) is 31.6 Å². The predicted molar refractivity (Wildman–Crippen MR) is 438 cm³/mol. The number of carboxylic acid groups (broad SMARTS) is 1. The number of aliphatic hydroxyl groups excluding tert-OH is 1. The fraction of sp³-hybridized carbons (Fsp3) is 0.675. The van der Waals surface area contributed by atoms with Gasteiger partial charge in [-0.25, -0.2) is 4.98 Å². The number of hydrogen-bond acceptors (Lipinski definition) is 21. The number of hydrogen-bond donors (Lipinski definition) is 21. The van der Waals surface area contributed by atoms with E-state index in [4.69, 9.17) is 28.7 Å². The van der Waals surface area contributed by atoms with Crippen molar-refractivity contribution >= 4 is 106 Å². The normalized spacial score (nSPS) is 15.3. The van der Waals surface area contributed by atoms with Crippen molar-refractivity contribution in [2.24, 2.45) is 69.2 Å². The van der Waals surface area contributed by atoms with Crippen molar-refractivity contribution in [2.45, 2.75) is 265 Å². The van der Waals surface area contributed by atoms with Crippen LogP contribution in [-0.4, -0.2) is 231 Å². The zero-order valence-corrected chi connectivity index (χ0v) is 70.3. The molecule has 0 unspecified atom stereocenters. The molecule has 1 aromatic carbocycles. The summed E-state index contributed by atoms with van der Waals surface area (Å²) in [6.45, 7) is 21.6. The molecule has 2 aromatic rings. The van der Waals surface area contributed by atoms with E-state index >= 15 is 0 Å². The molecule has 0 saturated carbocycles. The molecule has 0 aliphatic carbocycles. The first-order chi connectivity index (χ1) is 54.5. The highest BCUT2D eigenvalue weighted by atomic mass is 32.2. The number of imidazole rings is 1. The van der Waals surface area contributed by atoms with E-state index in [1.165, 1.54) is 45.1 Å². The van der Waals surface area contributed by atoms with E-state index in [2.05, 4.69) is 84.1 Å². The summed E-state index contributed by atoms with van der Waals surface area (Å²) in [6, 6.07) is -9.74. The second-order valence-corrected chi connectivity index (χ2v) is 32.3. The van der Waals surface area contributed by atoms with E-state index in [-0.39, 0.29) is 107 Å². The lowest BCUT2D eigenvalue weighted by molar-refractivity contribution is -0.138. The molecule has 38 nitrogen and oxygen atoms in total. The Bertz CT molecular complexity index is 3530. The summed E-state index contributed by atoms with van der Waals surface area (Å²) in [5.74, 6) is -15.8. The minimum atomic E-state index is -1.81. The van der Waals surface area contributed by atoms with E-state index < -0.39 is 198 Å². The van der Waals surface area contributed by atoms with Crippen LogP contribution in [0.25, 0.3) is 0 Å². The molecule has 0 bridgehead atoms. The summed E-state index contributed by atoms with van der Waals surface area (Å²) in [6.07, 6.45) is 2.99. The molecule has 2 rings (SSSR count). The van der Waals surface area contributed by atoms with Crippen molar-refractivity contribution in [1.82, 2.24) is 79.1 Å². The molecular formula is C77H131N21O17S. The van der Waals surface area contributed by atoms with Crippen LogP contribution in [0.5, 0.6) is 0 Å². The minimum absolute atomic E-state index is 0.00403. The van der Waals surface area contributed by atoms with E-state index in [0.29, 0.717) is 36.3 Å². The zero-order valence-electron chi connectivity index (χ0n) is 69.5. The number of carboxylic acids is 1. The SMILES string of the molecule is CC[C@H](C)[C@H](NC(=O)[C@H](CC(N)=O)NC(=O)[C@@H](NC(=O)[C@H](Cc1cnc[nH]1)NC(=O)[C@H](CCCN=C(N)N)NC(=O)[C@@H](NC(=O)[C@H](CCCCN)NC(=O)[C@H](CC(C)C)NC(=O)[C@@H](N)CC(C)C)[C@@H](C)O)C(C)C)C(=O)N[C@@H](CC(C)C)C(=O)N[C@@H](CC(C)C)C(=O)N[C@@H](Cc1ccccc1)C(=O)N[C@@H](CCSC)C(=O)NCC(=O)O. The van der Waals surface area contributed by atoms with Crippen LogP contribution in [0.1, 0.15) is 178 Å². The Morgan fingerprint density at radius 2 is 0.897 bits per heavy atom. The van der Waals surface area contributed by atoms with Crippen LogP contribution in [-0.2, 0) is 84.8 Å². The molecule has 652 valence electrons. The van der Waals surface area contributed by atoms with Gasteiger partial charge in [0.25, 0.3) is 0 Å². The van der Waals surface area contributed by atoms with Crippen LogP contribution in [0.4, 0.5) is 0 Å². The van der Waals surface area contributed by atoms with Crippen molar-refractivity contribution in [3.63, 3.8) is 0 Å². The Morgan fingerprint density at radius 1 is 0.483 bits per heavy atom. The van der Waals surface area contributed by atoms with Crippen molar-refractivity contribution < 1.29 is 82.1 Å². The van der Waals surface area contributed by atoms with Gasteiger partial charge in [0.2, 0.25) is 82.7 Å². The Hall–Kier alpha value is -10.0. The van der Waals surface area contributed by atoms with E-state index in [9.17, 15) is 82.1 Å². The van der Waals surface area contributed by atoms with Gasteiger partial charge < -0.3 is 113 Å². The third kappa shape index (κ3) is 39.1. The van der Waals surface area contributed by atoms with Crippen LogP contribution in [0.15, 0.2) is 47.8 Å². The Labute approximate surface area is 684 Å². The van der Waals surface area contributed by atoms with E-state index in [1.807, 2.05) is 27.7 Å². The smallest absolute Gasteiger partial charge is 0.322 e. The lowest BCUT2D eigenvalue weighted by atomic mass is 9.95. The maximum atomic E-state index is 14.8. The highest BCUT2D eigenvalue weighted by Gasteiger charge is 2.40. The number of aromatic amines is 1. The second-order valence-electron chi connectivity index (χ2n) is 31.3. The topological polar surface area (TPSA) is 624 Å². The molecule has 0 saturated heterocycles. The number of aliphatic hydroxyl groups is 1. The molecule has 39 heteroatoms. The number of benzene rings is 1. The van der Waals surface area contributed by atoms with Crippen LogP contribution in [0, 0.1) is 35.5 Å². The molecule has 0 aliphatic heterocycles. The third-order valence-electron chi connectivity index (χ3n) is 18.6. The lowest BCUT2D eigenvalue weighted by Crippen LogP contribution is -2.63. The second kappa shape index (κ2) is 53.3. The van der Waals surface area contributed by atoms with E-state index in [0.717, 1.165) is 0 Å². The van der Waals surface area contributed by atoms with Crippen LogP contribution in [0.3, 0.4) is 0 Å². The average Bonchev–Trinajstić information content (AvgIpc) is 1.34. The number of carbonyl (C=O) groups is 15. The largest absolute Gasteiger partial charge is 0.480 e. The number of primary amides is 1. The number of aliphatic carboxylic acids is 1. The number of thioether (sulfide) groups is 1. The van der Waals surface area contributed by atoms with E-state index in [1.54, 1.807) is 78.1 Å². The van der Waals surface area contributed by atoms with Gasteiger partial charge in [0.15, 0.2) is 5.96 Å². The summed E-state index contributed by atoms with van der Waals surface area (Å²) in [7, 11) is 0. The maximum Gasteiger partial charge on any atom is 0.322 e. The molecule has 15 atom stereocenters. The number of nitrogens with one attached hydrogen (secondary N) is 14.